The fourth-order valence-electron chi connectivity index (χ4n) is 2.48. The first kappa shape index (κ1) is 16.8. The molecule has 0 aromatic heterocycles. The number of fused-ring (bicyclic) bond motifs is 1. The molecule has 0 saturated heterocycles. The number of hydrogen-bond acceptors (Lipinski definition) is 4. The third kappa shape index (κ3) is 4.29. The van der Waals surface area contributed by atoms with Gasteiger partial charge in [-0.3, -0.25) is 9.59 Å². The van der Waals surface area contributed by atoms with Gasteiger partial charge >= 0.3 is 0 Å². The highest BCUT2D eigenvalue weighted by molar-refractivity contribution is 5.99. The average Bonchev–Trinajstić information content (AvgIpc) is 2.56. The summed E-state index contributed by atoms with van der Waals surface area (Å²) in [6.07, 6.45) is -0.294. The van der Waals surface area contributed by atoms with Gasteiger partial charge in [-0.15, -0.1) is 0 Å². The van der Waals surface area contributed by atoms with Crippen LogP contribution in [-0.4, -0.2) is 24.5 Å². The molecule has 1 aliphatic rings. The minimum Gasteiger partial charge on any atom is -0.493 e. The SMILES string of the molecule is Cc1cccc(OCCC(=O)Nc2ccc3c(c2)NC(=O)C(C)O3)c1. The molecule has 25 heavy (non-hydrogen) atoms. The van der Waals surface area contributed by atoms with Gasteiger partial charge in [0.1, 0.15) is 11.5 Å². The van der Waals surface area contributed by atoms with Gasteiger partial charge in [-0.25, -0.2) is 0 Å². The Labute approximate surface area is 146 Å². The molecule has 0 saturated carbocycles. The van der Waals surface area contributed by atoms with Crippen molar-refractivity contribution in [3.8, 4) is 11.5 Å². The van der Waals surface area contributed by atoms with Gasteiger partial charge in [0.2, 0.25) is 5.91 Å². The van der Waals surface area contributed by atoms with Crippen LogP contribution in [0, 0.1) is 6.92 Å². The lowest BCUT2D eigenvalue weighted by molar-refractivity contribution is -0.122. The van der Waals surface area contributed by atoms with Crippen molar-refractivity contribution >= 4 is 23.2 Å². The molecule has 6 heteroatoms. The van der Waals surface area contributed by atoms with E-state index in [9.17, 15) is 9.59 Å². The van der Waals surface area contributed by atoms with E-state index < -0.39 is 6.10 Å². The summed E-state index contributed by atoms with van der Waals surface area (Å²) in [5.41, 5.74) is 2.25. The number of hydrogen-bond donors (Lipinski definition) is 2. The van der Waals surface area contributed by atoms with Crippen molar-refractivity contribution in [2.45, 2.75) is 26.4 Å². The van der Waals surface area contributed by atoms with Crippen LogP contribution in [0.15, 0.2) is 42.5 Å². The first-order valence-corrected chi connectivity index (χ1v) is 8.12. The minimum absolute atomic E-state index is 0.163. The van der Waals surface area contributed by atoms with Gasteiger partial charge < -0.3 is 20.1 Å². The number of aryl methyl sites for hydroxylation is 1. The monoisotopic (exact) mass is 340 g/mol. The Balaban J connectivity index is 1.53. The van der Waals surface area contributed by atoms with Crippen LogP contribution < -0.4 is 20.1 Å². The third-order valence-corrected chi connectivity index (χ3v) is 3.78. The molecule has 1 atom stereocenters. The molecule has 0 spiro atoms. The quantitative estimate of drug-likeness (QED) is 0.877. The number of benzene rings is 2. The maximum Gasteiger partial charge on any atom is 0.265 e. The lowest BCUT2D eigenvalue weighted by atomic mass is 10.2. The number of ether oxygens (including phenoxy) is 2. The van der Waals surface area contributed by atoms with Gasteiger partial charge in [-0.2, -0.15) is 0 Å². The first-order chi connectivity index (χ1) is 12.0. The van der Waals surface area contributed by atoms with Gasteiger partial charge in [0.25, 0.3) is 5.91 Å². The lowest BCUT2D eigenvalue weighted by Crippen LogP contribution is -2.34. The first-order valence-electron chi connectivity index (χ1n) is 8.12. The van der Waals surface area contributed by atoms with Crippen molar-refractivity contribution in [2.24, 2.45) is 0 Å². The minimum atomic E-state index is -0.522. The molecule has 2 aromatic carbocycles. The lowest BCUT2D eigenvalue weighted by Gasteiger charge is -2.23. The van der Waals surface area contributed by atoms with Crippen LogP contribution in [0.3, 0.4) is 0 Å². The topological polar surface area (TPSA) is 76.7 Å². The van der Waals surface area contributed by atoms with E-state index in [1.807, 2.05) is 31.2 Å². The van der Waals surface area contributed by atoms with E-state index in [1.165, 1.54) is 0 Å². The van der Waals surface area contributed by atoms with Crippen molar-refractivity contribution in [1.82, 2.24) is 0 Å². The largest absolute Gasteiger partial charge is 0.493 e. The number of rotatable bonds is 5. The van der Waals surface area contributed by atoms with Crippen molar-refractivity contribution in [1.29, 1.82) is 0 Å². The maximum atomic E-state index is 12.0. The normalized spacial score (nSPS) is 15.6. The Morgan fingerprint density at radius 1 is 1.28 bits per heavy atom. The second kappa shape index (κ2) is 7.25. The molecule has 1 aliphatic heterocycles. The van der Waals surface area contributed by atoms with E-state index in [4.69, 9.17) is 9.47 Å². The predicted molar refractivity (Wildman–Crippen MR) is 95.1 cm³/mol. The summed E-state index contributed by atoms with van der Waals surface area (Å²) in [4.78, 5) is 23.7. The maximum absolute atomic E-state index is 12.0. The van der Waals surface area contributed by atoms with Crippen LogP contribution in [0.4, 0.5) is 11.4 Å². The molecule has 0 fully saturated rings. The Bertz CT molecular complexity index is 804. The fraction of sp³-hybridized carbons (Fsp3) is 0.263. The van der Waals surface area contributed by atoms with Crippen molar-refractivity contribution in [2.75, 3.05) is 17.2 Å². The third-order valence-electron chi connectivity index (χ3n) is 3.78. The number of carbonyl (C=O) groups excluding carboxylic acids is 2. The summed E-state index contributed by atoms with van der Waals surface area (Å²) in [5.74, 6) is 0.968. The molecule has 0 radical (unpaired) electrons. The summed E-state index contributed by atoms with van der Waals surface area (Å²) >= 11 is 0. The second-order valence-corrected chi connectivity index (χ2v) is 5.92. The Hall–Kier alpha value is -3.02. The van der Waals surface area contributed by atoms with E-state index in [1.54, 1.807) is 25.1 Å². The number of carbonyl (C=O) groups is 2. The van der Waals surface area contributed by atoms with Crippen molar-refractivity contribution < 1.29 is 19.1 Å². The van der Waals surface area contributed by atoms with Crippen LogP contribution in [0.1, 0.15) is 18.9 Å². The van der Waals surface area contributed by atoms with Crippen molar-refractivity contribution in [3.63, 3.8) is 0 Å². The summed E-state index contributed by atoms with van der Waals surface area (Å²) in [5, 5.41) is 5.54. The zero-order chi connectivity index (χ0) is 17.8. The number of anilines is 2. The predicted octanol–water partition coefficient (Wildman–Crippen LogP) is 3.12. The molecule has 2 N–H and O–H groups in total. The molecule has 3 rings (SSSR count). The molecule has 1 unspecified atom stereocenters. The second-order valence-electron chi connectivity index (χ2n) is 5.92. The van der Waals surface area contributed by atoms with E-state index in [0.29, 0.717) is 17.1 Å². The van der Waals surface area contributed by atoms with Gasteiger partial charge in [-0.1, -0.05) is 12.1 Å². The zero-order valence-corrected chi connectivity index (χ0v) is 14.2. The molecule has 0 bridgehead atoms. The number of amides is 2. The van der Waals surface area contributed by atoms with Crippen LogP contribution >= 0.6 is 0 Å². The molecular weight excluding hydrogens is 320 g/mol. The molecule has 130 valence electrons. The zero-order valence-electron chi connectivity index (χ0n) is 14.2. The van der Waals surface area contributed by atoms with E-state index >= 15 is 0 Å². The Kier molecular flexibility index (Phi) is 4.88. The van der Waals surface area contributed by atoms with Crippen LogP contribution in [0.5, 0.6) is 11.5 Å². The molecule has 2 aromatic rings. The Morgan fingerprint density at radius 3 is 2.92 bits per heavy atom. The highest BCUT2D eigenvalue weighted by Crippen LogP contribution is 2.32. The fourth-order valence-corrected chi connectivity index (χ4v) is 2.48. The van der Waals surface area contributed by atoms with Gasteiger partial charge in [0.15, 0.2) is 6.10 Å². The smallest absolute Gasteiger partial charge is 0.265 e. The van der Waals surface area contributed by atoms with E-state index in [-0.39, 0.29) is 24.8 Å². The van der Waals surface area contributed by atoms with E-state index in [2.05, 4.69) is 10.6 Å². The molecule has 1 heterocycles. The van der Waals surface area contributed by atoms with Gasteiger partial charge in [-0.05, 0) is 49.7 Å². The molecular formula is C19H20N2O4. The summed E-state index contributed by atoms with van der Waals surface area (Å²) in [7, 11) is 0. The molecule has 0 aliphatic carbocycles. The van der Waals surface area contributed by atoms with Crippen molar-refractivity contribution in [3.05, 3.63) is 48.0 Å². The van der Waals surface area contributed by atoms with Gasteiger partial charge in [0, 0.05) is 5.69 Å². The summed E-state index contributed by atoms with van der Waals surface area (Å²) < 4.78 is 11.1. The summed E-state index contributed by atoms with van der Waals surface area (Å²) in [6, 6.07) is 12.8. The van der Waals surface area contributed by atoms with E-state index in [0.717, 1.165) is 11.3 Å². The van der Waals surface area contributed by atoms with Crippen LogP contribution in [0.25, 0.3) is 0 Å². The van der Waals surface area contributed by atoms with Crippen LogP contribution in [-0.2, 0) is 9.59 Å². The molecule has 2 amide bonds. The van der Waals surface area contributed by atoms with Gasteiger partial charge in [0.05, 0.1) is 18.7 Å². The Morgan fingerprint density at radius 2 is 2.12 bits per heavy atom. The standard InChI is InChI=1S/C19H20N2O4/c1-12-4-3-5-15(10-12)24-9-8-18(22)20-14-6-7-17-16(11-14)21-19(23)13(2)25-17/h3-7,10-11,13H,8-9H2,1-2H3,(H,20,22)(H,21,23). The average molecular weight is 340 g/mol. The highest BCUT2D eigenvalue weighted by Gasteiger charge is 2.23. The number of nitrogens with one attached hydrogen (secondary N) is 2. The van der Waals surface area contributed by atoms with Crippen LogP contribution in [0.2, 0.25) is 0 Å². The highest BCUT2D eigenvalue weighted by atomic mass is 16.5. The molecule has 6 nitrogen and oxygen atoms in total. The summed E-state index contributed by atoms with van der Waals surface area (Å²) in [6.45, 7) is 3.96.